The molecule has 0 bridgehead atoms. The molecule has 3 heterocycles. The monoisotopic (exact) mass is 1320 g/mol. The van der Waals surface area contributed by atoms with E-state index in [-0.39, 0.29) is 27.1 Å². The molecule has 0 saturated heterocycles. The summed E-state index contributed by atoms with van der Waals surface area (Å²) in [6.45, 7) is 39.2. The molecule has 1 aliphatic carbocycles. The first kappa shape index (κ1) is 64.7. The summed E-state index contributed by atoms with van der Waals surface area (Å²) >= 11 is 1.90. The number of thiophene rings is 1. The first-order chi connectivity index (χ1) is 47.5. The zero-order chi connectivity index (χ0) is 69.9. The Morgan fingerprint density at radius 3 is 1.35 bits per heavy atom. The average molecular weight is 1320 g/mol. The molecule has 15 aromatic rings. The lowest BCUT2D eigenvalue weighted by molar-refractivity contribution is 0.589. The molecule has 12 aromatic carbocycles. The second-order valence-corrected chi connectivity index (χ2v) is 34.7. The molecule has 0 radical (unpaired) electrons. The summed E-state index contributed by atoms with van der Waals surface area (Å²) in [6, 6.07) is 93.9. The van der Waals surface area contributed by atoms with E-state index in [0.717, 1.165) is 78.4 Å². The SMILES string of the molecule is Cc1cccc(N(c2ccc(C(C)(C)C)cc2)c2cc3c(c4c2sc2ccccc24)-c2c(cc(N(c4ccc(C(C)(C)C)cc4)c4cccc(C)c4)c4c2oc2ccccc24)C3(c2ccc(C(C)(C)C)cc2)c2ccc3c(c2)c2cc(C(C)(C)C)ccc2n3-c2ccc(C(C)(C)C)cc2)c1. The molecule has 0 spiro atoms. The summed E-state index contributed by atoms with van der Waals surface area (Å²) in [7, 11) is 0. The fourth-order valence-corrected chi connectivity index (χ4v) is 17.3. The molecule has 0 fully saturated rings. The van der Waals surface area contributed by atoms with Crippen LogP contribution in [-0.4, -0.2) is 4.57 Å². The number of para-hydroxylation sites is 1. The Morgan fingerprint density at radius 1 is 0.350 bits per heavy atom. The topological polar surface area (TPSA) is 24.6 Å². The summed E-state index contributed by atoms with van der Waals surface area (Å²) in [4.78, 5) is 5.09. The number of aromatic nitrogens is 1. The number of hydrogen-bond acceptors (Lipinski definition) is 4. The van der Waals surface area contributed by atoms with Gasteiger partial charge in [-0.25, -0.2) is 0 Å². The van der Waals surface area contributed by atoms with Crippen molar-refractivity contribution in [1.82, 2.24) is 4.57 Å². The smallest absolute Gasteiger partial charge is 0.145 e. The van der Waals surface area contributed by atoms with Gasteiger partial charge in [-0.15, -0.1) is 11.3 Å². The second kappa shape index (κ2) is 23.1. The van der Waals surface area contributed by atoms with Crippen molar-refractivity contribution in [3.05, 3.63) is 304 Å². The van der Waals surface area contributed by atoms with E-state index in [0.29, 0.717) is 0 Å². The lowest BCUT2D eigenvalue weighted by Gasteiger charge is -2.36. The van der Waals surface area contributed by atoms with Crippen LogP contribution >= 0.6 is 11.3 Å². The van der Waals surface area contributed by atoms with E-state index in [4.69, 9.17) is 4.42 Å². The highest BCUT2D eigenvalue weighted by Gasteiger charge is 2.51. The molecular weight excluding hydrogens is 1230 g/mol. The van der Waals surface area contributed by atoms with Crippen LogP contribution in [0.1, 0.15) is 165 Å². The van der Waals surface area contributed by atoms with Gasteiger partial charge in [0.2, 0.25) is 0 Å². The molecule has 0 aliphatic heterocycles. The van der Waals surface area contributed by atoms with Crippen molar-refractivity contribution in [2.75, 3.05) is 9.80 Å². The van der Waals surface area contributed by atoms with Gasteiger partial charge in [-0.1, -0.05) is 237 Å². The Morgan fingerprint density at radius 2 is 0.800 bits per heavy atom. The van der Waals surface area contributed by atoms with Crippen molar-refractivity contribution in [3.8, 4) is 16.8 Å². The Kier molecular flexibility index (Phi) is 14.9. The number of furan rings is 1. The Hall–Kier alpha value is -9.94. The van der Waals surface area contributed by atoms with Crippen LogP contribution in [0.15, 0.2) is 247 Å². The summed E-state index contributed by atoms with van der Waals surface area (Å²) in [6.07, 6.45) is 0. The maximum Gasteiger partial charge on any atom is 0.145 e. The Labute approximate surface area is 595 Å². The first-order valence-electron chi connectivity index (χ1n) is 35.8. The van der Waals surface area contributed by atoms with E-state index in [9.17, 15) is 0 Å². The molecule has 3 aromatic heterocycles. The molecule has 0 saturated carbocycles. The molecule has 1 unspecified atom stereocenters. The van der Waals surface area contributed by atoms with Gasteiger partial charge in [-0.2, -0.15) is 0 Å². The molecule has 4 nitrogen and oxygen atoms in total. The predicted octanol–water partition coefficient (Wildman–Crippen LogP) is 27.5. The number of rotatable bonds is 9. The van der Waals surface area contributed by atoms with Crippen molar-refractivity contribution < 1.29 is 4.42 Å². The second-order valence-electron chi connectivity index (χ2n) is 33.6. The minimum atomic E-state index is -1.02. The predicted molar refractivity (Wildman–Crippen MR) is 431 cm³/mol. The van der Waals surface area contributed by atoms with Crippen molar-refractivity contribution in [2.45, 2.75) is 150 Å². The number of benzene rings is 12. The van der Waals surface area contributed by atoms with Crippen LogP contribution in [0.5, 0.6) is 0 Å². The third-order valence-corrected chi connectivity index (χ3v) is 22.7. The van der Waals surface area contributed by atoms with Gasteiger partial charge in [0.05, 0.1) is 37.9 Å². The van der Waals surface area contributed by atoms with Gasteiger partial charge in [0, 0.05) is 65.6 Å². The third kappa shape index (κ3) is 10.5. The van der Waals surface area contributed by atoms with Crippen LogP contribution in [0.3, 0.4) is 0 Å². The van der Waals surface area contributed by atoms with Crippen molar-refractivity contribution >= 4 is 109 Å². The summed E-state index contributed by atoms with van der Waals surface area (Å²) < 4.78 is 12.8. The highest BCUT2D eigenvalue weighted by molar-refractivity contribution is 7.26. The van der Waals surface area contributed by atoms with Crippen molar-refractivity contribution in [3.63, 3.8) is 0 Å². The number of hydrogen-bond donors (Lipinski definition) is 0. The molecule has 100 heavy (non-hydrogen) atoms. The van der Waals surface area contributed by atoms with E-state index in [1.807, 2.05) is 11.3 Å². The number of aryl methyl sites for hydroxylation is 2. The van der Waals surface area contributed by atoms with Crippen LogP contribution in [0, 0.1) is 13.8 Å². The number of nitrogens with zero attached hydrogens (tertiary/aromatic N) is 3. The Bertz CT molecular complexity index is 5740. The normalized spacial score (nSPS) is 14.5. The van der Waals surface area contributed by atoms with E-state index in [1.54, 1.807) is 0 Å². The molecule has 0 amide bonds. The highest BCUT2D eigenvalue weighted by Crippen LogP contribution is 2.66. The summed E-state index contributed by atoms with van der Waals surface area (Å²) in [5.41, 5.74) is 26.2. The largest absolute Gasteiger partial charge is 0.455 e. The standard InChI is InChI=1S/C95H91N3OS/c1-58-24-22-26-70(52-58)96(67-44-36-61(37-45-67)91(6,7)8)80-56-77-87(88-84(80)72-28-18-20-30-82(72)99-88)86-76(57-81(89-85(86)73-29-19-21-31-83(73)100-89)97(71-27-23-25-59(2)53-71)68-46-38-62(39-47-68)92(9,10)11)95(77,64-34-32-60(33-35-64)90(3,4)5)66-43-51-79-75(55-66)74-54-65(94(15,16)17)42-50-78(74)98(79)69-48-40-63(41-49-69)93(12,13)14/h18-57H,1-17H3. The lowest BCUT2D eigenvalue weighted by Crippen LogP contribution is -2.29. The van der Waals surface area contributed by atoms with Gasteiger partial charge in [0.25, 0.3) is 0 Å². The van der Waals surface area contributed by atoms with Gasteiger partial charge in [-0.05, 0) is 217 Å². The van der Waals surface area contributed by atoms with E-state index < -0.39 is 5.41 Å². The average Bonchev–Trinajstić information content (AvgIpc) is 1.50. The lowest BCUT2D eigenvalue weighted by atomic mass is 9.66. The highest BCUT2D eigenvalue weighted by atomic mass is 32.1. The van der Waals surface area contributed by atoms with Crippen LogP contribution in [0.25, 0.3) is 80.7 Å². The quantitative estimate of drug-likeness (QED) is 0.144. The van der Waals surface area contributed by atoms with Gasteiger partial charge in [0.15, 0.2) is 0 Å². The number of fused-ring (bicyclic) bond motifs is 14. The molecule has 5 heteroatoms. The fourth-order valence-electron chi connectivity index (χ4n) is 16.1. The zero-order valence-electron chi connectivity index (χ0n) is 61.3. The third-order valence-electron chi connectivity index (χ3n) is 21.5. The molecule has 0 N–H and O–H groups in total. The van der Waals surface area contributed by atoms with Gasteiger partial charge < -0.3 is 18.8 Å². The first-order valence-corrected chi connectivity index (χ1v) is 36.6. The molecule has 1 aliphatic rings. The summed E-state index contributed by atoms with van der Waals surface area (Å²) in [5, 5.41) is 7.01. The van der Waals surface area contributed by atoms with E-state index in [2.05, 4.69) is 375 Å². The molecule has 498 valence electrons. The number of anilines is 6. The van der Waals surface area contributed by atoms with E-state index in [1.165, 1.54) is 97.7 Å². The summed E-state index contributed by atoms with van der Waals surface area (Å²) in [5.74, 6) is 0. The van der Waals surface area contributed by atoms with Crippen LogP contribution in [-0.2, 0) is 32.5 Å². The van der Waals surface area contributed by atoms with Gasteiger partial charge in [-0.3, -0.25) is 0 Å². The van der Waals surface area contributed by atoms with Crippen LogP contribution in [0.4, 0.5) is 34.1 Å². The minimum absolute atomic E-state index is 0.000394. The minimum Gasteiger partial charge on any atom is -0.455 e. The van der Waals surface area contributed by atoms with Gasteiger partial charge in [0.1, 0.15) is 11.2 Å². The Balaban J connectivity index is 1.14. The van der Waals surface area contributed by atoms with Gasteiger partial charge >= 0.3 is 0 Å². The molecule has 1 atom stereocenters. The molecular formula is C95H91N3OS. The fraction of sp³-hybridized carbons (Fsp3) is 0.242. The van der Waals surface area contributed by atoms with Crippen molar-refractivity contribution in [2.24, 2.45) is 0 Å². The zero-order valence-corrected chi connectivity index (χ0v) is 62.1. The van der Waals surface area contributed by atoms with Crippen LogP contribution < -0.4 is 9.80 Å². The van der Waals surface area contributed by atoms with Crippen molar-refractivity contribution in [1.29, 1.82) is 0 Å². The maximum absolute atomic E-state index is 7.85. The molecule has 16 rings (SSSR count). The maximum atomic E-state index is 7.85. The van der Waals surface area contributed by atoms with E-state index >= 15 is 0 Å². The van der Waals surface area contributed by atoms with Crippen LogP contribution in [0.2, 0.25) is 0 Å².